The molecule has 19 heavy (non-hydrogen) atoms. The third kappa shape index (κ3) is 6.92. The van der Waals surface area contributed by atoms with Gasteiger partial charge in [0.15, 0.2) is 0 Å². The van der Waals surface area contributed by atoms with Gasteiger partial charge in [-0.15, -0.1) is 0 Å². The van der Waals surface area contributed by atoms with Crippen molar-refractivity contribution in [2.75, 3.05) is 19.8 Å². The van der Waals surface area contributed by atoms with Crippen LogP contribution in [-0.4, -0.2) is 30.8 Å². The maximum absolute atomic E-state index is 12.2. The minimum Gasteiger partial charge on any atom is -0.466 e. The highest BCUT2D eigenvalue weighted by molar-refractivity contribution is 5.77. The van der Waals surface area contributed by atoms with Gasteiger partial charge in [-0.2, -0.15) is 0 Å². The Bertz CT molecular complexity index is 244. The van der Waals surface area contributed by atoms with Gasteiger partial charge in [0.1, 0.15) is 0 Å². The molecule has 4 nitrogen and oxygen atoms in total. The predicted molar refractivity (Wildman–Crippen MR) is 77.7 cm³/mol. The number of aliphatic hydroxyl groups excluding tert-OH is 1. The molecule has 0 aliphatic heterocycles. The Morgan fingerprint density at radius 2 is 1.89 bits per heavy atom. The molecule has 1 atom stereocenters. The van der Waals surface area contributed by atoms with E-state index in [1.54, 1.807) is 0 Å². The van der Waals surface area contributed by atoms with Crippen LogP contribution in [0.2, 0.25) is 0 Å². The SMILES string of the molecule is CCOC(=O)C(CN)(CCCCCCO)CC(C)C. The second-order valence-corrected chi connectivity index (χ2v) is 5.69. The summed E-state index contributed by atoms with van der Waals surface area (Å²) in [6, 6.07) is 0. The number of nitrogens with two attached hydrogens (primary N) is 1. The van der Waals surface area contributed by atoms with Crippen molar-refractivity contribution < 1.29 is 14.6 Å². The zero-order valence-electron chi connectivity index (χ0n) is 12.8. The van der Waals surface area contributed by atoms with E-state index in [0.717, 1.165) is 38.5 Å². The van der Waals surface area contributed by atoms with Crippen LogP contribution in [-0.2, 0) is 9.53 Å². The summed E-state index contributed by atoms with van der Waals surface area (Å²) >= 11 is 0. The standard InChI is InChI=1S/C15H31NO3/c1-4-19-14(18)15(12-16,11-13(2)3)9-7-5-6-8-10-17/h13,17H,4-12,16H2,1-3H3. The van der Waals surface area contributed by atoms with Crippen LogP contribution in [0.15, 0.2) is 0 Å². The second kappa shape index (κ2) is 10.2. The highest BCUT2D eigenvalue weighted by Gasteiger charge is 2.38. The molecule has 1 unspecified atom stereocenters. The highest BCUT2D eigenvalue weighted by atomic mass is 16.5. The fourth-order valence-corrected chi connectivity index (χ4v) is 2.55. The van der Waals surface area contributed by atoms with Gasteiger partial charge in [0.25, 0.3) is 0 Å². The van der Waals surface area contributed by atoms with Crippen LogP contribution in [0, 0.1) is 11.3 Å². The number of carbonyl (C=O) groups is 1. The second-order valence-electron chi connectivity index (χ2n) is 5.69. The average molecular weight is 273 g/mol. The van der Waals surface area contributed by atoms with E-state index in [0.29, 0.717) is 19.1 Å². The molecule has 114 valence electrons. The third-order valence-corrected chi connectivity index (χ3v) is 3.46. The van der Waals surface area contributed by atoms with E-state index in [-0.39, 0.29) is 12.6 Å². The number of hydrogen-bond acceptors (Lipinski definition) is 4. The zero-order chi connectivity index (χ0) is 14.7. The largest absolute Gasteiger partial charge is 0.466 e. The van der Waals surface area contributed by atoms with Crippen molar-refractivity contribution in [2.45, 2.75) is 59.3 Å². The maximum Gasteiger partial charge on any atom is 0.313 e. The fraction of sp³-hybridized carbons (Fsp3) is 0.933. The monoisotopic (exact) mass is 273 g/mol. The maximum atomic E-state index is 12.2. The molecule has 0 bridgehead atoms. The average Bonchev–Trinajstić information content (AvgIpc) is 2.36. The lowest BCUT2D eigenvalue weighted by atomic mass is 9.76. The summed E-state index contributed by atoms with van der Waals surface area (Å²) in [5.41, 5.74) is 5.36. The molecule has 0 saturated carbocycles. The van der Waals surface area contributed by atoms with Gasteiger partial charge in [0, 0.05) is 13.2 Å². The molecule has 0 fully saturated rings. The Morgan fingerprint density at radius 1 is 1.26 bits per heavy atom. The van der Waals surface area contributed by atoms with E-state index in [9.17, 15) is 4.79 Å². The van der Waals surface area contributed by atoms with Crippen LogP contribution in [0.3, 0.4) is 0 Å². The Morgan fingerprint density at radius 3 is 2.37 bits per heavy atom. The van der Waals surface area contributed by atoms with Gasteiger partial charge in [0.2, 0.25) is 0 Å². The van der Waals surface area contributed by atoms with E-state index >= 15 is 0 Å². The van der Waals surface area contributed by atoms with Gasteiger partial charge < -0.3 is 15.6 Å². The number of aliphatic hydroxyl groups is 1. The summed E-state index contributed by atoms with van der Waals surface area (Å²) < 4.78 is 5.22. The van der Waals surface area contributed by atoms with Crippen LogP contribution in [0.1, 0.15) is 59.3 Å². The number of hydrogen-bond donors (Lipinski definition) is 2. The summed E-state index contributed by atoms with van der Waals surface area (Å²) in [6.45, 7) is 7.04. The number of ether oxygens (including phenoxy) is 1. The lowest BCUT2D eigenvalue weighted by Crippen LogP contribution is -2.41. The van der Waals surface area contributed by atoms with Crippen LogP contribution in [0.5, 0.6) is 0 Å². The quantitative estimate of drug-likeness (QED) is 0.448. The van der Waals surface area contributed by atoms with Crippen molar-refractivity contribution in [2.24, 2.45) is 17.1 Å². The number of rotatable bonds is 11. The molecular formula is C15H31NO3. The lowest BCUT2D eigenvalue weighted by molar-refractivity contribution is -0.156. The van der Waals surface area contributed by atoms with Crippen LogP contribution in [0.4, 0.5) is 0 Å². The molecule has 0 aromatic heterocycles. The van der Waals surface area contributed by atoms with Crippen LogP contribution < -0.4 is 5.73 Å². The van der Waals surface area contributed by atoms with Gasteiger partial charge in [0.05, 0.1) is 12.0 Å². The number of unbranched alkanes of at least 4 members (excludes halogenated alkanes) is 3. The summed E-state index contributed by atoms with van der Waals surface area (Å²) in [6.07, 6.45) is 5.39. The Hall–Kier alpha value is -0.610. The normalized spacial score (nSPS) is 14.4. The Kier molecular flexibility index (Phi) is 9.88. The van der Waals surface area contributed by atoms with Crippen molar-refractivity contribution in [3.05, 3.63) is 0 Å². The lowest BCUT2D eigenvalue weighted by Gasteiger charge is -2.31. The predicted octanol–water partition coefficient (Wildman–Crippen LogP) is 2.48. The van der Waals surface area contributed by atoms with E-state index in [2.05, 4.69) is 13.8 Å². The van der Waals surface area contributed by atoms with Gasteiger partial charge in [-0.05, 0) is 32.1 Å². The number of carbonyl (C=O) groups excluding carboxylic acids is 1. The minimum atomic E-state index is -0.524. The molecule has 4 heteroatoms. The molecule has 0 saturated heterocycles. The summed E-state index contributed by atoms with van der Waals surface area (Å²) in [5.74, 6) is 0.277. The van der Waals surface area contributed by atoms with Crippen molar-refractivity contribution in [3.8, 4) is 0 Å². The molecule has 0 radical (unpaired) electrons. The molecule has 0 heterocycles. The topological polar surface area (TPSA) is 72.5 Å². The van der Waals surface area contributed by atoms with Crippen molar-refractivity contribution >= 4 is 5.97 Å². The van der Waals surface area contributed by atoms with Crippen LogP contribution >= 0.6 is 0 Å². The summed E-state index contributed by atoms with van der Waals surface area (Å²) in [7, 11) is 0. The molecule has 0 aromatic rings. The zero-order valence-corrected chi connectivity index (χ0v) is 12.8. The van der Waals surface area contributed by atoms with E-state index in [1.807, 2.05) is 6.92 Å². The molecule has 0 aromatic carbocycles. The molecule has 0 aliphatic rings. The molecule has 0 amide bonds. The number of esters is 1. The highest BCUT2D eigenvalue weighted by Crippen LogP contribution is 2.33. The molecular weight excluding hydrogens is 242 g/mol. The summed E-state index contributed by atoms with van der Waals surface area (Å²) in [5, 5.41) is 8.75. The van der Waals surface area contributed by atoms with Crippen molar-refractivity contribution in [1.29, 1.82) is 0 Å². The van der Waals surface area contributed by atoms with E-state index in [4.69, 9.17) is 15.6 Å². The van der Waals surface area contributed by atoms with E-state index < -0.39 is 5.41 Å². The first-order valence-electron chi connectivity index (χ1n) is 7.50. The van der Waals surface area contributed by atoms with E-state index in [1.165, 1.54) is 0 Å². The molecule has 3 N–H and O–H groups in total. The molecule has 0 spiro atoms. The first-order chi connectivity index (χ1) is 9.02. The van der Waals surface area contributed by atoms with Gasteiger partial charge >= 0.3 is 5.97 Å². The van der Waals surface area contributed by atoms with Gasteiger partial charge in [-0.25, -0.2) is 0 Å². The summed E-state index contributed by atoms with van der Waals surface area (Å²) in [4.78, 5) is 12.2. The Labute approximate surface area is 117 Å². The van der Waals surface area contributed by atoms with Crippen molar-refractivity contribution in [3.63, 3.8) is 0 Å². The molecule has 0 aliphatic carbocycles. The third-order valence-electron chi connectivity index (χ3n) is 3.46. The molecule has 0 rings (SSSR count). The minimum absolute atomic E-state index is 0.145. The van der Waals surface area contributed by atoms with Gasteiger partial charge in [-0.1, -0.05) is 33.1 Å². The first kappa shape index (κ1) is 18.4. The van der Waals surface area contributed by atoms with Gasteiger partial charge in [-0.3, -0.25) is 4.79 Å². The van der Waals surface area contributed by atoms with Crippen LogP contribution in [0.25, 0.3) is 0 Å². The van der Waals surface area contributed by atoms with Crippen molar-refractivity contribution in [1.82, 2.24) is 0 Å². The smallest absolute Gasteiger partial charge is 0.313 e. The Balaban J connectivity index is 4.49. The fourth-order valence-electron chi connectivity index (χ4n) is 2.55. The first-order valence-corrected chi connectivity index (χ1v) is 7.50.